The van der Waals surface area contributed by atoms with Gasteiger partial charge in [0, 0.05) is 26.3 Å². The summed E-state index contributed by atoms with van der Waals surface area (Å²) in [6.07, 6.45) is 1.06. The summed E-state index contributed by atoms with van der Waals surface area (Å²) in [4.78, 5) is 2.38. The van der Waals surface area contributed by atoms with Crippen molar-refractivity contribution in [2.24, 2.45) is 0 Å². The fraction of sp³-hybridized carbons (Fsp3) is 1.00. The van der Waals surface area contributed by atoms with Gasteiger partial charge in [-0.2, -0.15) is 0 Å². The van der Waals surface area contributed by atoms with Gasteiger partial charge in [-0.25, -0.2) is 0 Å². The van der Waals surface area contributed by atoms with Gasteiger partial charge in [0.2, 0.25) is 0 Å². The van der Waals surface area contributed by atoms with Crippen molar-refractivity contribution < 1.29 is 18.9 Å². The van der Waals surface area contributed by atoms with Gasteiger partial charge in [-0.15, -0.1) is 0 Å². The van der Waals surface area contributed by atoms with Crippen LogP contribution in [0.1, 0.15) is 13.3 Å². The van der Waals surface area contributed by atoms with Crippen LogP contribution in [-0.4, -0.2) is 62.5 Å². The highest BCUT2D eigenvalue weighted by Gasteiger charge is 2.51. The predicted molar refractivity (Wildman–Crippen MR) is 55.9 cm³/mol. The average Bonchev–Trinajstić information content (AvgIpc) is 2.69. The number of morpholine rings is 1. The van der Waals surface area contributed by atoms with E-state index in [4.69, 9.17) is 18.9 Å². The molecule has 0 bridgehead atoms. The molecular weight excluding hydrogens is 210 g/mol. The molecule has 0 N–H and O–H groups in total. The van der Waals surface area contributed by atoms with Crippen molar-refractivity contribution in [3.8, 4) is 0 Å². The van der Waals surface area contributed by atoms with E-state index in [1.165, 1.54) is 0 Å². The molecule has 0 saturated carbocycles. The van der Waals surface area contributed by atoms with Gasteiger partial charge in [0.25, 0.3) is 0 Å². The molecule has 5 nitrogen and oxygen atoms in total. The van der Waals surface area contributed by atoms with Gasteiger partial charge in [0.05, 0.1) is 12.7 Å². The number of ether oxygens (including phenoxy) is 4. The van der Waals surface area contributed by atoms with Crippen LogP contribution < -0.4 is 0 Å². The summed E-state index contributed by atoms with van der Waals surface area (Å²) in [6.45, 7) is 4.56. The van der Waals surface area contributed by atoms with E-state index >= 15 is 0 Å². The highest BCUT2D eigenvalue weighted by molar-refractivity contribution is 4.96. The zero-order valence-electron chi connectivity index (χ0n) is 9.80. The molecule has 0 aromatic rings. The highest BCUT2D eigenvalue weighted by atomic mass is 16.7. The third kappa shape index (κ3) is 1.58. The number of hydrogen-bond acceptors (Lipinski definition) is 5. The molecule has 0 aromatic heterocycles. The van der Waals surface area contributed by atoms with Crippen molar-refractivity contribution in [3.63, 3.8) is 0 Å². The largest absolute Gasteiger partial charge is 0.376 e. The van der Waals surface area contributed by atoms with Crippen LogP contribution in [0, 0.1) is 0 Å². The fourth-order valence-corrected chi connectivity index (χ4v) is 2.98. The molecule has 92 valence electrons. The number of methoxy groups -OCH3 is 1. The molecule has 0 radical (unpaired) electrons. The average molecular weight is 229 g/mol. The first-order valence-electron chi connectivity index (χ1n) is 5.98. The van der Waals surface area contributed by atoms with Crippen LogP contribution in [0.2, 0.25) is 0 Å². The lowest BCUT2D eigenvalue weighted by molar-refractivity contribution is -0.246. The third-order valence-corrected chi connectivity index (χ3v) is 3.78. The van der Waals surface area contributed by atoms with E-state index in [1.807, 2.05) is 0 Å². The summed E-state index contributed by atoms with van der Waals surface area (Å²) in [5.74, 6) is 0. The minimum atomic E-state index is -0.258. The lowest BCUT2D eigenvalue weighted by atomic mass is 10.0. The van der Waals surface area contributed by atoms with Crippen molar-refractivity contribution in [1.29, 1.82) is 0 Å². The molecule has 0 amide bonds. The minimum Gasteiger partial charge on any atom is -0.376 e. The van der Waals surface area contributed by atoms with Crippen LogP contribution in [0.4, 0.5) is 0 Å². The Morgan fingerprint density at radius 2 is 2.12 bits per heavy atom. The van der Waals surface area contributed by atoms with Crippen LogP contribution >= 0.6 is 0 Å². The first-order valence-corrected chi connectivity index (χ1v) is 5.98. The molecule has 1 unspecified atom stereocenters. The first-order chi connectivity index (χ1) is 7.81. The van der Waals surface area contributed by atoms with Crippen LogP contribution in [0.25, 0.3) is 0 Å². The maximum atomic E-state index is 6.04. The maximum absolute atomic E-state index is 6.04. The Labute approximate surface area is 95.6 Å². The summed E-state index contributed by atoms with van der Waals surface area (Å²) in [5.41, 5.74) is 0. The van der Waals surface area contributed by atoms with Crippen molar-refractivity contribution in [2.75, 3.05) is 26.9 Å². The Hall–Kier alpha value is -0.200. The molecular formula is C11H19NO4. The topological polar surface area (TPSA) is 40.2 Å². The molecule has 0 aliphatic carbocycles. The molecule has 5 heteroatoms. The molecule has 3 aliphatic rings. The Morgan fingerprint density at radius 3 is 2.94 bits per heavy atom. The summed E-state index contributed by atoms with van der Waals surface area (Å²) in [5, 5.41) is 0. The summed E-state index contributed by atoms with van der Waals surface area (Å²) < 4.78 is 22.5. The second-order valence-electron chi connectivity index (χ2n) is 4.64. The minimum absolute atomic E-state index is 0.0575. The normalized spacial score (nSPS) is 48.8. The fourth-order valence-electron chi connectivity index (χ4n) is 2.98. The maximum Gasteiger partial charge on any atom is 0.197 e. The summed E-state index contributed by atoms with van der Waals surface area (Å²) in [7, 11) is 1.67. The van der Waals surface area contributed by atoms with Gasteiger partial charge in [0.1, 0.15) is 6.10 Å². The van der Waals surface area contributed by atoms with Gasteiger partial charge >= 0.3 is 0 Å². The van der Waals surface area contributed by atoms with E-state index in [9.17, 15) is 0 Å². The van der Waals surface area contributed by atoms with E-state index in [1.54, 1.807) is 7.11 Å². The lowest BCUT2D eigenvalue weighted by Crippen LogP contribution is -2.53. The zero-order valence-corrected chi connectivity index (χ0v) is 9.80. The van der Waals surface area contributed by atoms with Gasteiger partial charge in [-0.3, -0.25) is 4.90 Å². The van der Waals surface area contributed by atoms with Crippen LogP contribution in [0.5, 0.6) is 0 Å². The molecule has 3 heterocycles. The SMILES string of the molecule is CO[C@H]1OCCN2C1O[C@@H]1[C@H](C)OCC[C@@H]12. The van der Waals surface area contributed by atoms with Gasteiger partial charge in [-0.1, -0.05) is 0 Å². The Kier molecular flexibility index (Phi) is 2.89. The number of rotatable bonds is 1. The molecule has 5 atom stereocenters. The summed E-state index contributed by atoms with van der Waals surface area (Å²) >= 11 is 0. The van der Waals surface area contributed by atoms with Crippen LogP contribution in [0.15, 0.2) is 0 Å². The quantitative estimate of drug-likeness (QED) is 0.642. The van der Waals surface area contributed by atoms with Crippen LogP contribution in [0.3, 0.4) is 0 Å². The molecule has 16 heavy (non-hydrogen) atoms. The molecule has 0 aromatic carbocycles. The van der Waals surface area contributed by atoms with Crippen molar-refractivity contribution in [1.82, 2.24) is 4.90 Å². The van der Waals surface area contributed by atoms with E-state index < -0.39 is 0 Å². The summed E-state index contributed by atoms with van der Waals surface area (Å²) in [6, 6.07) is 0.468. The van der Waals surface area contributed by atoms with Gasteiger partial charge < -0.3 is 18.9 Å². The molecule has 3 rings (SSSR count). The second kappa shape index (κ2) is 4.23. The Balaban J connectivity index is 1.79. The highest BCUT2D eigenvalue weighted by Crippen LogP contribution is 2.35. The predicted octanol–water partition coefficient (Wildman–Crippen LogP) is 0.193. The standard InChI is InChI=1S/C11H19NO4/c1-7-9-8(3-5-14-7)12-4-6-15-11(13-2)10(12)16-9/h7-11H,3-6H2,1-2H3/t7-,8-,9+,10?,11-/m0/s1. The molecule has 3 fully saturated rings. The number of fused-ring (bicyclic) bond motifs is 3. The van der Waals surface area contributed by atoms with E-state index in [-0.39, 0.29) is 24.7 Å². The van der Waals surface area contributed by atoms with E-state index in [0.29, 0.717) is 6.04 Å². The number of hydrogen-bond donors (Lipinski definition) is 0. The van der Waals surface area contributed by atoms with Crippen molar-refractivity contribution in [3.05, 3.63) is 0 Å². The first kappa shape index (κ1) is 10.9. The van der Waals surface area contributed by atoms with Crippen LogP contribution in [-0.2, 0) is 18.9 Å². The number of nitrogens with zero attached hydrogens (tertiary/aromatic N) is 1. The molecule has 3 saturated heterocycles. The second-order valence-corrected chi connectivity index (χ2v) is 4.64. The molecule has 3 aliphatic heterocycles. The van der Waals surface area contributed by atoms with E-state index in [0.717, 1.165) is 26.2 Å². The molecule has 0 spiro atoms. The van der Waals surface area contributed by atoms with Gasteiger partial charge in [0.15, 0.2) is 12.5 Å². The van der Waals surface area contributed by atoms with E-state index in [2.05, 4.69) is 11.8 Å². The zero-order chi connectivity index (χ0) is 11.1. The monoisotopic (exact) mass is 229 g/mol. The van der Waals surface area contributed by atoms with Crippen molar-refractivity contribution >= 4 is 0 Å². The lowest BCUT2D eigenvalue weighted by Gasteiger charge is -2.37. The smallest absolute Gasteiger partial charge is 0.197 e. The Bertz CT molecular complexity index is 262. The Morgan fingerprint density at radius 1 is 1.25 bits per heavy atom. The third-order valence-electron chi connectivity index (χ3n) is 3.78. The van der Waals surface area contributed by atoms with Gasteiger partial charge in [-0.05, 0) is 13.3 Å². The van der Waals surface area contributed by atoms with Crippen molar-refractivity contribution in [2.45, 2.75) is 44.1 Å².